The molecule has 0 radical (unpaired) electrons. The maximum atomic E-state index is 11.9. The molecule has 2 saturated heterocycles. The number of amides is 2. The number of nitrogens with zero attached hydrogens (tertiary/aromatic N) is 3. The number of carbonyl (C=O) groups excluding carboxylic acids is 1. The van der Waals surface area contributed by atoms with E-state index in [0.29, 0.717) is 19.5 Å². The van der Waals surface area contributed by atoms with Gasteiger partial charge in [-0.15, -0.1) is 0 Å². The largest absolute Gasteiger partial charge is 0.391 e. The van der Waals surface area contributed by atoms with Crippen LogP contribution in [0.1, 0.15) is 6.42 Å². The van der Waals surface area contributed by atoms with Crippen LogP contribution < -0.4 is 0 Å². The van der Waals surface area contributed by atoms with Gasteiger partial charge in [-0.1, -0.05) is 0 Å². The van der Waals surface area contributed by atoms with E-state index in [1.165, 1.54) is 9.80 Å². The Hall–Kier alpha value is -0.890. The minimum atomic E-state index is -1.04. The quantitative estimate of drug-likeness (QED) is 0.521. The van der Waals surface area contributed by atoms with Gasteiger partial charge in [0.05, 0.1) is 24.3 Å². The lowest BCUT2D eigenvalue weighted by molar-refractivity contribution is -0.116. The van der Waals surface area contributed by atoms with E-state index in [-0.39, 0.29) is 6.03 Å². The van der Waals surface area contributed by atoms with Crippen LogP contribution in [-0.4, -0.2) is 101 Å². The van der Waals surface area contributed by atoms with Crippen molar-refractivity contribution in [2.45, 2.75) is 36.8 Å². The highest BCUT2D eigenvalue weighted by molar-refractivity contribution is 5.74. The SMILES string of the molecule is CN(C)C(=O)N(C)[C@H]1CN2CC[C@H](O)[C@@H]2[C@@H](O)[C@@H]1O. The molecule has 5 atom stereocenters. The lowest BCUT2D eigenvalue weighted by Gasteiger charge is -2.46. The first-order chi connectivity index (χ1) is 8.84. The number of hydrogen-bond donors (Lipinski definition) is 3. The minimum absolute atomic E-state index is 0.213. The van der Waals surface area contributed by atoms with Crippen molar-refractivity contribution < 1.29 is 20.1 Å². The van der Waals surface area contributed by atoms with Crippen LogP contribution in [0.15, 0.2) is 0 Å². The minimum Gasteiger partial charge on any atom is -0.391 e. The Labute approximate surface area is 113 Å². The lowest BCUT2D eigenvalue weighted by Crippen LogP contribution is -2.66. The standard InChI is InChI=1S/C12H23N3O4/c1-13(2)12(19)14(3)7-6-15-5-4-8(16)9(15)11(18)10(7)17/h7-11,16-18H,4-6H2,1-3H3/t7-,8-,9+,10+,11+/m0/s1. The smallest absolute Gasteiger partial charge is 0.319 e. The topological polar surface area (TPSA) is 87.5 Å². The molecule has 0 bridgehead atoms. The fourth-order valence-electron chi connectivity index (χ4n) is 3.10. The molecule has 0 saturated carbocycles. The third-order valence-corrected chi connectivity index (χ3v) is 4.23. The summed E-state index contributed by atoms with van der Waals surface area (Å²) < 4.78 is 0. The molecular formula is C12H23N3O4. The molecule has 2 rings (SSSR count). The van der Waals surface area contributed by atoms with Crippen LogP contribution in [-0.2, 0) is 0 Å². The number of aliphatic hydroxyl groups excluding tert-OH is 3. The van der Waals surface area contributed by atoms with Crippen molar-refractivity contribution in [2.75, 3.05) is 34.2 Å². The number of hydrogen-bond acceptors (Lipinski definition) is 5. The summed E-state index contributed by atoms with van der Waals surface area (Å²) in [4.78, 5) is 16.8. The Balaban J connectivity index is 2.13. The zero-order valence-corrected chi connectivity index (χ0v) is 11.6. The third kappa shape index (κ3) is 2.43. The van der Waals surface area contributed by atoms with Crippen LogP contribution in [0.2, 0.25) is 0 Å². The van der Waals surface area contributed by atoms with Crippen LogP contribution in [0.3, 0.4) is 0 Å². The maximum Gasteiger partial charge on any atom is 0.319 e. The molecule has 19 heavy (non-hydrogen) atoms. The van der Waals surface area contributed by atoms with Gasteiger partial charge in [0, 0.05) is 34.2 Å². The second-order valence-corrected chi connectivity index (χ2v) is 5.68. The van der Waals surface area contributed by atoms with E-state index in [9.17, 15) is 20.1 Å². The molecule has 2 heterocycles. The Bertz CT molecular complexity index is 352. The average molecular weight is 273 g/mol. The fourth-order valence-corrected chi connectivity index (χ4v) is 3.10. The van der Waals surface area contributed by atoms with Crippen molar-refractivity contribution >= 4 is 6.03 Å². The predicted molar refractivity (Wildman–Crippen MR) is 68.6 cm³/mol. The molecule has 2 fully saturated rings. The molecule has 7 nitrogen and oxygen atoms in total. The van der Waals surface area contributed by atoms with Gasteiger partial charge < -0.3 is 25.1 Å². The van der Waals surface area contributed by atoms with Crippen molar-refractivity contribution in [3.8, 4) is 0 Å². The van der Waals surface area contributed by atoms with Crippen molar-refractivity contribution in [1.82, 2.24) is 14.7 Å². The van der Waals surface area contributed by atoms with Crippen molar-refractivity contribution in [3.05, 3.63) is 0 Å². The van der Waals surface area contributed by atoms with Gasteiger partial charge in [0.15, 0.2) is 0 Å². The van der Waals surface area contributed by atoms with Crippen molar-refractivity contribution in [1.29, 1.82) is 0 Å². The van der Waals surface area contributed by atoms with Gasteiger partial charge in [-0.2, -0.15) is 0 Å². The summed E-state index contributed by atoms with van der Waals surface area (Å²) in [5, 5.41) is 30.2. The molecule has 3 N–H and O–H groups in total. The second kappa shape index (κ2) is 5.24. The van der Waals surface area contributed by atoms with E-state index < -0.39 is 30.4 Å². The molecule has 0 unspecified atom stereocenters. The van der Waals surface area contributed by atoms with Crippen LogP contribution in [0, 0.1) is 0 Å². The first kappa shape index (κ1) is 14.5. The molecule has 2 aliphatic heterocycles. The van der Waals surface area contributed by atoms with Gasteiger partial charge in [-0.05, 0) is 6.42 Å². The molecule has 2 aliphatic rings. The zero-order valence-electron chi connectivity index (χ0n) is 11.6. The number of urea groups is 1. The molecule has 0 aliphatic carbocycles. The van der Waals surface area contributed by atoms with E-state index in [0.717, 1.165) is 0 Å². The first-order valence-electron chi connectivity index (χ1n) is 6.57. The van der Waals surface area contributed by atoms with Crippen LogP contribution in [0.5, 0.6) is 0 Å². The molecule has 0 aromatic heterocycles. The number of fused-ring (bicyclic) bond motifs is 1. The number of piperidine rings is 1. The first-order valence-corrected chi connectivity index (χ1v) is 6.57. The van der Waals surface area contributed by atoms with Crippen LogP contribution in [0.4, 0.5) is 4.79 Å². The Kier molecular flexibility index (Phi) is 4.00. The van der Waals surface area contributed by atoms with Gasteiger partial charge in [0.25, 0.3) is 0 Å². The van der Waals surface area contributed by atoms with Gasteiger partial charge in [-0.25, -0.2) is 4.79 Å². The van der Waals surface area contributed by atoms with Crippen LogP contribution in [0.25, 0.3) is 0 Å². The highest BCUT2D eigenvalue weighted by atomic mass is 16.3. The van der Waals surface area contributed by atoms with E-state index in [2.05, 4.69) is 0 Å². The summed E-state index contributed by atoms with van der Waals surface area (Å²) in [6.07, 6.45) is -2.09. The highest BCUT2D eigenvalue weighted by Crippen LogP contribution is 2.30. The van der Waals surface area contributed by atoms with E-state index >= 15 is 0 Å². The molecule has 7 heteroatoms. The second-order valence-electron chi connectivity index (χ2n) is 5.68. The molecule has 0 spiro atoms. The summed E-state index contributed by atoms with van der Waals surface area (Å²) in [6, 6.07) is -1.10. The summed E-state index contributed by atoms with van der Waals surface area (Å²) in [5.74, 6) is 0. The van der Waals surface area contributed by atoms with Crippen LogP contribution >= 0.6 is 0 Å². The Morgan fingerprint density at radius 2 is 1.79 bits per heavy atom. The molecule has 110 valence electrons. The van der Waals surface area contributed by atoms with Gasteiger partial charge >= 0.3 is 6.03 Å². The molecule has 0 aromatic rings. The zero-order chi connectivity index (χ0) is 14.3. The lowest BCUT2D eigenvalue weighted by atomic mass is 9.91. The molecule has 0 aromatic carbocycles. The predicted octanol–water partition coefficient (Wildman–Crippen LogP) is -1.86. The van der Waals surface area contributed by atoms with E-state index in [1.807, 2.05) is 4.90 Å². The summed E-state index contributed by atoms with van der Waals surface area (Å²) in [5.41, 5.74) is 0. The number of carbonyl (C=O) groups is 1. The van der Waals surface area contributed by atoms with Gasteiger partial charge in [-0.3, -0.25) is 4.90 Å². The van der Waals surface area contributed by atoms with Gasteiger partial charge in [0.2, 0.25) is 0 Å². The Morgan fingerprint density at radius 3 is 2.37 bits per heavy atom. The number of likely N-dealkylation sites (N-methyl/N-ethyl adjacent to an activating group) is 1. The third-order valence-electron chi connectivity index (χ3n) is 4.23. The molecular weight excluding hydrogens is 250 g/mol. The normalized spacial score (nSPS) is 38.9. The van der Waals surface area contributed by atoms with Crippen molar-refractivity contribution in [2.24, 2.45) is 0 Å². The summed E-state index contributed by atoms with van der Waals surface area (Å²) >= 11 is 0. The van der Waals surface area contributed by atoms with E-state index in [4.69, 9.17) is 0 Å². The highest BCUT2D eigenvalue weighted by Gasteiger charge is 2.49. The average Bonchev–Trinajstić information content (AvgIpc) is 2.73. The van der Waals surface area contributed by atoms with Crippen molar-refractivity contribution in [3.63, 3.8) is 0 Å². The summed E-state index contributed by atoms with van der Waals surface area (Å²) in [6.45, 7) is 1.14. The number of rotatable bonds is 1. The summed E-state index contributed by atoms with van der Waals surface area (Å²) in [7, 11) is 4.91. The fraction of sp³-hybridized carbons (Fsp3) is 0.917. The molecule has 2 amide bonds. The maximum absolute atomic E-state index is 11.9. The van der Waals surface area contributed by atoms with E-state index in [1.54, 1.807) is 21.1 Å². The Morgan fingerprint density at radius 1 is 1.16 bits per heavy atom. The van der Waals surface area contributed by atoms with Gasteiger partial charge in [0.1, 0.15) is 6.10 Å². The monoisotopic (exact) mass is 273 g/mol. The number of aliphatic hydroxyl groups is 3.